The molecule has 2 fully saturated rings. The van der Waals surface area contributed by atoms with Crippen molar-refractivity contribution in [3.05, 3.63) is 0 Å². The lowest BCUT2D eigenvalue weighted by atomic mass is 10.0. The molecule has 2 aliphatic rings. The van der Waals surface area contributed by atoms with E-state index in [2.05, 4.69) is 27.4 Å². The van der Waals surface area contributed by atoms with E-state index in [4.69, 9.17) is 0 Å². The molecule has 0 aromatic carbocycles. The summed E-state index contributed by atoms with van der Waals surface area (Å²) >= 11 is 0. The summed E-state index contributed by atoms with van der Waals surface area (Å²) in [6, 6.07) is 0. The quantitative estimate of drug-likeness (QED) is 0.435. The lowest BCUT2D eigenvalue weighted by molar-refractivity contribution is 0.187. The van der Waals surface area contributed by atoms with Crippen LogP contribution >= 0.6 is 24.0 Å². The van der Waals surface area contributed by atoms with E-state index < -0.39 is 0 Å². The Morgan fingerprint density at radius 2 is 2.05 bits per heavy atom. The Morgan fingerprint density at radius 1 is 1.26 bits per heavy atom. The zero-order chi connectivity index (χ0) is 12.8. The summed E-state index contributed by atoms with van der Waals surface area (Å²) in [7, 11) is 1.85. The minimum absolute atomic E-state index is 0. The SMILES string of the molecule is CN=C(NCCN1CCCC(C)C1)NCC1CC1.I. The second-order valence-corrected chi connectivity index (χ2v) is 5.87. The number of guanidine groups is 1. The van der Waals surface area contributed by atoms with Crippen LogP contribution in [-0.2, 0) is 0 Å². The average Bonchev–Trinajstić information content (AvgIpc) is 3.17. The number of hydrogen-bond donors (Lipinski definition) is 2. The van der Waals surface area contributed by atoms with Gasteiger partial charge >= 0.3 is 0 Å². The van der Waals surface area contributed by atoms with E-state index in [9.17, 15) is 0 Å². The number of nitrogens with zero attached hydrogens (tertiary/aromatic N) is 2. The Morgan fingerprint density at radius 3 is 2.68 bits per heavy atom. The maximum atomic E-state index is 4.26. The van der Waals surface area contributed by atoms with Gasteiger partial charge in [-0.25, -0.2) is 0 Å². The van der Waals surface area contributed by atoms with E-state index in [1.165, 1.54) is 38.8 Å². The minimum atomic E-state index is 0. The third kappa shape index (κ3) is 6.79. The molecular weight excluding hydrogens is 351 g/mol. The normalized spacial score (nSPS) is 24.7. The Balaban J connectivity index is 0.00000180. The van der Waals surface area contributed by atoms with Gasteiger partial charge in [0.1, 0.15) is 0 Å². The number of likely N-dealkylation sites (tertiary alicyclic amines) is 1. The third-order valence-corrected chi connectivity index (χ3v) is 3.94. The van der Waals surface area contributed by atoms with Gasteiger partial charge in [-0.15, -0.1) is 24.0 Å². The number of piperidine rings is 1. The second-order valence-electron chi connectivity index (χ2n) is 5.87. The van der Waals surface area contributed by atoms with Crippen LogP contribution in [0.25, 0.3) is 0 Å². The second kappa shape index (κ2) is 9.00. The first kappa shape index (κ1) is 17.0. The maximum absolute atomic E-state index is 4.26. The first-order valence-corrected chi connectivity index (χ1v) is 7.45. The van der Waals surface area contributed by atoms with Gasteiger partial charge in [-0.05, 0) is 44.1 Å². The molecule has 1 heterocycles. The van der Waals surface area contributed by atoms with Crippen molar-refractivity contribution in [2.45, 2.75) is 32.6 Å². The molecule has 2 rings (SSSR count). The van der Waals surface area contributed by atoms with Crippen molar-refractivity contribution in [1.29, 1.82) is 0 Å². The molecule has 1 saturated heterocycles. The zero-order valence-corrected chi connectivity index (χ0v) is 14.7. The first-order chi connectivity index (χ1) is 8.78. The van der Waals surface area contributed by atoms with Crippen molar-refractivity contribution in [1.82, 2.24) is 15.5 Å². The lowest BCUT2D eigenvalue weighted by Gasteiger charge is -2.30. The van der Waals surface area contributed by atoms with Crippen molar-refractivity contribution in [3.63, 3.8) is 0 Å². The van der Waals surface area contributed by atoms with Gasteiger partial charge in [-0.3, -0.25) is 4.99 Å². The highest BCUT2D eigenvalue weighted by atomic mass is 127. The predicted octanol–water partition coefficient (Wildman–Crippen LogP) is 1.91. The van der Waals surface area contributed by atoms with E-state index in [0.29, 0.717) is 0 Å². The van der Waals surface area contributed by atoms with Crippen molar-refractivity contribution >= 4 is 29.9 Å². The topological polar surface area (TPSA) is 39.7 Å². The van der Waals surface area contributed by atoms with Crippen molar-refractivity contribution in [3.8, 4) is 0 Å². The number of aliphatic imine (C=N–C) groups is 1. The molecule has 112 valence electrons. The largest absolute Gasteiger partial charge is 0.356 e. The van der Waals surface area contributed by atoms with Gasteiger partial charge in [-0.1, -0.05) is 6.92 Å². The standard InChI is InChI=1S/C14H28N4.HI/c1-12-4-3-8-18(11-12)9-7-16-14(15-2)17-10-13-5-6-13;/h12-13H,3-11H2,1-2H3,(H2,15,16,17);1H. The molecule has 1 aliphatic heterocycles. The Hall–Kier alpha value is -0.0400. The molecule has 4 nitrogen and oxygen atoms in total. The molecule has 1 saturated carbocycles. The van der Waals surface area contributed by atoms with Crippen molar-refractivity contribution in [2.75, 3.05) is 39.8 Å². The van der Waals surface area contributed by atoms with Crippen molar-refractivity contribution < 1.29 is 0 Å². The molecule has 1 unspecified atom stereocenters. The summed E-state index contributed by atoms with van der Waals surface area (Å²) in [5.74, 6) is 2.73. The summed E-state index contributed by atoms with van der Waals surface area (Å²) in [4.78, 5) is 6.83. The Bertz CT molecular complexity index is 279. The van der Waals surface area contributed by atoms with Crippen LogP contribution in [0.3, 0.4) is 0 Å². The molecule has 0 spiro atoms. The summed E-state index contributed by atoms with van der Waals surface area (Å²) in [6.07, 6.45) is 5.52. The summed E-state index contributed by atoms with van der Waals surface area (Å²) < 4.78 is 0. The van der Waals surface area contributed by atoms with E-state index in [-0.39, 0.29) is 24.0 Å². The van der Waals surface area contributed by atoms with Gasteiger partial charge < -0.3 is 15.5 Å². The van der Waals surface area contributed by atoms with E-state index in [0.717, 1.165) is 37.4 Å². The van der Waals surface area contributed by atoms with E-state index in [1.807, 2.05) is 7.05 Å². The minimum Gasteiger partial charge on any atom is -0.356 e. The zero-order valence-electron chi connectivity index (χ0n) is 12.3. The first-order valence-electron chi connectivity index (χ1n) is 7.45. The maximum Gasteiger partial charge on any atom is 0.191 e. The molecule has 5 heteroatoms. The smallest absolute Gasteiger partial charge is 0.191 e. The molecule has 0 aromatic rings. The Kier molecular flexibility index (Phi) is 8.06. The monoisotopic (exact) mass is 380 g/mol. The fourth-order valence-electron chi connectivity index (χ4n) is 2.61. The van der Waals surface area contributed by atoms with Gasteiger partial charge in [-0.2, -0.15) is 0 Å². The molecule has 0 aromatic heterocycles. The van der Waals surface area contributed by atoms with Crippen LogP contribution in [0.2, 0.25) is 0 Å². The molecule has 1 aliphatic carbocycles. The molecule has 0 radical (unpaired) electrons. The number of hydrogen-bond acceptors (Lipinski definition) is 2. The van der Waals surface area contributed by atoms with Gasteiger partial charge in [0.25, 0.3) is 0 Å². The average molecular weight is 380 g/mol. The molecular formula is C14H29IN4. The highest BCUT2D eigenvalue weighted by Crippen LogP contribution is 2.27. The molecule has 19 heavy (non-hydrogen) atoms. The number of nitrogens with one attached hydrogen (secondary N) is 2. The third-order valence-electron chi connectivity index (χ3n) is 3.94. The van der Waals surface area contributed by atoms with Gasteiger partial charge in [0.15, 0.2) is 5.96 Å². The molecule has 0 bridgehead atoms. The molecule has 0 amide bonds. The van der Waals surface area contributed by atoms with Gasteiger partial charge in [0, 0.05) is 33.2 Å². The van der Waals surface area contributed by atoms with Gasteiger partial charge in [0.05, 0.1) is 0 Å². The van der Waals surface area contributed by atoms with Crippen LogP contribution in [0, 0.1) is 11.8 Å². The van der Waals surface area contributed by atoms with Crippen LogP contribution in [0.5, 0.6) is 0 Å². The van der Waals surface area contributed by atoms with Crippen LogP contribution in [-0.4, -0.2) is 50.6 Å². The number of halogens is 1. The van der Waals surface area contributed by atoms with Gasteiger partial charge in [0.2, 0.25) is 0 Å². The predicted molar refractivity (Wildman–Crippen MR) is 92.3 cm³/mol. The highest BCUT2D eigenvalue weighted by Gasteiger charge is 2.21. The van der Waals surface area contributed by atoms with E-state index >= 15 is 0 Å². The van der Waals surface area contributed by atoms with Crippen molar-refractivity contribution in [2.24, 2.45) is 16.8 Å². The fraction of sp³-hybridized carbons (Fsp3) is 0.929. The van der Waals surface area contributed by atoms with Crippen LogP contribution < -0.4 is 10.6 Å². The fourth-order valence-corrected chi connectivity index (χ4v) is 2.61. The summed E-state index contributed by atoms with van der Waals surface area (Å²) in [5, 5.41) is 6.81. The number of rotatable bonds is 5. The molecule has 1 atom stereocenters. The van der Waals surface area contributed by atoms with Crippen LogP contribution in [0.15, 0.2) is 4.99 Å². The van der Waals surface area contributed by atoms with E-state index in [1.54, 1.807) is 0 Å². The lowest BCUT2D eigenvalue weighted by Crippen LogP contribution is -2.44. The Labute approximate surface area is 134 Å². The summed E-state index contributed by atoms with van der Waals surface area (Å²) in [6.45, 7) is 8.09. The summed E-state index contributed by atoms with van der Waals surface area (Å²) in [5.41, 5.74) is 0. The van der Waals surface area contributed by atoms with Crippen LogP contribution in [0.4, 0.5) is 0 Å². The molecule has 2 N–H and O–H groups in total. The van der Waals surface area contributed by atoms with Crippen LogP contribution in [0.1, 0.15) is 32.6 Å². The highest BCUT2D eigenvalue weighted by molar-refractivity contribution is 14.0.